The fraction of sp³-hybridized carbons (Fsp3) is 0.167. The Morgan fingerprint density at radius 1 is 1.03 bits per heavy atom. The van der Waals surface area contributed by atoms with Gasteiger partial charge < -0.3 is 14.8 Å². The van der Waals surface area contributed by atoms with Crippen molar-refractivity contribution >= 4 is 40.0 Å². The van der Waals surface area contributed by atoms with Gasteiger partial charge in [0.25, 0.3) is 5.91 Å². The van der Waals surface area contributed by atoms with E-state index in [1.165, 1.54) is 0 Å². The van der Waals surface area contributed by atoms with Gasteiger partial charge in [-0.2, -0.15) is 4.80 Å². The zero-order chi connectivity index (χ0) is 23.4. The number of ether oxygens (including phenoxy) is 2. The van der Waals surface area contributed by atoms with Crippen molar-refractivity contribution in [3.8, 4) is 17.2 Å². The third-order valence-corrected chi connectivity index (χ3v) is 5.12. The fourth-order valence-electron chi connectivity index (χ4n) is 3.26. The molecule has 0 saturated carbocycles. The van der Waals surface area contributed by atoms with E-state index >= 15 is 0 Å². The number of aromatic nitrogens is 3. The van der Waals surface area contributed by atoms with Gasteiger partial charge >= 0.3 is 0 Å². The van der Waals surface area contributed by atoms with Crippen LogP contribution in [0.3, 0.4) is 0 Å². The first-order chi connectivity index (χ1) is 16.0. The van der Waals surface area contributed by atoms with E-state index in [0.29, 0.717) is 23.4 Å². The summed E-state index contributed by atoms with van der Waals surface area (Å²) in [4.78, 5) is 14.1. The molecule has 4 rings (SSSR count). The molecule has 2 N–H and O–H groups in total. The summed E-state index contributed by atoms with van der Waals surface area (Å²) in [5.41, 5.74) is 4.36. The first-order valence-electron chi connectivity index (χ1n) is 10.3. The van der Waals surface area contributed by atoms with Gasteiger partial charge in [-0.1, -0.05) is 6.07 Å². The minimum atomic E-state index is -0.321. The molecule has 0 spiro atoms. The van der Waals surface area contributed by atoms with Gasteiger partial charge in [0, 0.05) is 11.3 Å². The van der Waals surface area contributed by atoms with Crippen LogP contribution in [-0.2, 0) is 0 Å². The first-order valence-corrected chi connectivity index (χ1v) is 10.7. The van der Waals surface area contributed by atoms with Crippen LogP contribution < -0.4 is 20.1 Å². The smallest absolute Gasteiger partial charge is 0.257 e. The van der Waals surface area contributed by atoms with Gasteiger partial charge in [-0.05, 0) is 86.2 Å². The highest BCUT2D eigenvalue weighted by Crippen LogP contribution is 2.23. The molecule has 0 fully saturated rings. The second-order valence-corrected chi connectivity index (χ2v) is 7.62. The van der Waals surface area contributed by atoms with Crippen molar-refractivity contribution in [2.45, 2.75) is 13.8 Å². The lowest BCUT2D eigenvalue weighted by molar-refractivity contribution is 0.0977. The molecule has 1 amide bonds. The summed E-state index contributed by atoms with van der Waals surface area (Å²) in [5.74, 6) is 1.07. The maximum absolute atomic E-state index is 12.6. The van der Waals surface area contributed by atoms with Gasteiger partial charge in [-0.15, -0.1) is 10.2 Å². The standard InChI is InChI=1S/C24H23N5O3S/c1-4-32-19-7-5-6-16(13-19)23(30)26-24(33)25-20-14-22-21(12-15(20)2)27-29(28-22)17-8-10-18(31-3)11-9-17/h5-14H,4H2,1-3H3,(H2,25,26,30,33). The van der Waals surface area contributed by atoms with Crippen molar-refractivity contribution in [3.63, 3.8) is 0 Å². The van der Waals surface area contributed by atoms with Crippen LogP contribution in [0.4, 0.5) is 5.69 Å². The molecule has 0 saturated heterocycles. The van der Waals surface area contributed by atoms with Crippen LogP contribution in [0.5, 0.6) is 11.5 Å². The highest BCUT2D eigenvalue weighted by atomic mass is 32.1. The SMILES string of the molecule is CCOc1cccc(C(=O)NC(=S)Nc2cc3nn(-c4ccc(OC)cc4)nc3cc2C)c1. The summed E-state index contributed by atoms with van der Waals surface area (Å²) >= 11 is 5.36. The average Bonchev–Trinajstić information content (AvgIpc) is 3.22. The predicted octanol–water partition coefficient (Wildman–Crippen LogP) is 4.26. The normalized spacial score (nSPS) is 10.6. The Hall–Kier alpha value is -3.98. The van der Waals surface area contributed by atoms with Crippen molar-refractivity contribution < 1.29 is 14.3 Å². The number of thiocarbonyl (C=S) groups is 1. The zero-order valence-electron chi connectivity index (χ0n) is 18.5. The molecular formula is C24H23N5O3S. The lowest BCUT2D eigenvalue weighted by Crippen LogP contribution is -2.34. The van der Waals surface area contributed by atoms with Crippen LogP contribution >= 0.6 is 12.2 Å². The van der Waals surface area contributed by atoms with Crippen LogP contribution in [0.15, 0.2) is 60.7 Å². The Morgan fingerprint density at radius 2 is 1.76 bits per heavy atom. The Balaban J connectivity index is 1.49. The summed E-state index contributed by atoms with van der Waals surface area (Å²) in [6, 6.07) is 18.2. The van der Waals surface area contributed by atoms with E-state index in [9.17, 15) is 4.79 Å². The van der Waals surface area contributed by atoms with Gasteiger partial charge in [-0.3, -0.25) is 10.1 Å². The van der Waals surface area contributed by atoms with Gasteiger partial charge in [0.15, 0.2) is 5.11 Å². The second-order valence-electron chi connectivity index (χ2n) is 7.21. The number of benzene rings is 3. The Labute approximate surface area is 196 Å². The number of nitrogens with one attached hydrogen (secondary N) is 2. The molecule has 0 bridgehead atoms. The number of hydrogen-bond acceptors (Lipinski definition) is 6. The van der Waals surface area contributed by atoms with Crippen LogP contribution in [0.25, 0.3) is 16.7 Å². The van der Waals surface area contributed by atoms with E-state index < -0.39 is 0 Å². The summed E-state index contributed by atoms with van der Waals surface area (Å²) in [6.45, 7) is 4.35. The molecule has 1 aromatic heterocycles. The summed E-state index contributed by atoms with van der Waals surface area (Å²) in [5, 5.41) is 15.1. The molecule has 168 valence electrons. The van der Waals surface area contributed by atoms with E-state index in [0.717, 1.165) is 28.2 Å². The van der Waals surface area contributed by atoms with E-state index in [4.69, 9.17) is 21.7 Å². The Kier molecular flexibility index (Phi) is 6.50. The number of methoxy groups -OCH3 is 1. The van der Waals surface area contributed by atoms with Gasteiger partial charge in [-0.25, -0.2) is 0 Å². The molecule has 9 heteroatoms. The number of carbonyl (C=O) groups is 1. The van der Waals surface area contributed by atoms with Crippen LogP contribution in [-0.4, -0.2) is 39.7 Å². The minimum Gasteiger partial charge on any atom is -0.497 e. The molecule has 33 heavy (non-hydrogen) atoms. The first kappa shape index (κ1) is 22.2. The van der Waals surface area contributed by atoms with Crippen LogP contribution in [0.2, 0.25) is 0 Å². The van der Waals surface area contributed by atoms with Gasteiger partial charge in [0.05, 0.1) is 19.4 Å². The summed E-state index contributed by atoms with van der Waals surface area (Å²) < 4.78 is 10.6. The topological polar surface area (TPSA) is 90.3 Å². The van der Waals surface area contributed by atoms with Gasteiger partial charge in [0.2, 0.25) is 0 Å². The minimum absolute atomic E-state index is 0.187. The zero-order valence-corrected chi connectivity index (χ0v) is 19.3. The number of fused-ring (bicyclic) bond motifs is 1. The molecule has 4 aromatic rings. The van der Waals surface area contributed by atoms with Crippen LogP contribution in [0.1, 0.15) is 22.8 Å². The Morgan fingerprint density at radius 3 is 2.45 bits per heavy atom. The lowest BCUT2D eigenvalue weighted by atomic mass is 10.2. The highest BCUT2D eigenvalue weighted by molar-refractivity contribution is 7.80. The Bertz CT molecular complexity index is 1320. The number of anilines is 1. The highest BCUT2D eigenvalue weighted by Gasteiger charge is 2.12. The third-order valence-electron chi connectivity index (χ3n) is 4.91. The van der Waals surface area contributed by atoms with Crippen molar-refractivity contribution in [1.82, 2.24) is 20.3 Å². The molecule has 8 nitrogen and oxygen atoms in total. The monoisotopic (exact) mass is 461 g/mol. The molecule has 0 radical (unpaired) electrons. The van der Waals surface area contributed by atoms with E-state index in [1.807, 2.05) is 50.2 Å². The molecule has 1 heterocycles. The quantitative estimate of drug-likeness (QED) is 0.415. The molecule has 3 aromatic carbocycles. The van der Waals surface area contributed by atoms with E-state index in [1.54, 1.807) is 36.2 Å². The third kappa shape index (κ3) is 5.09. The van der Waals surface area contributed by atoms with Crippen molar-refractivity contribution in [3.05, 3.63) is 71.8 Å². The number of nitrogens with zero attached hydrogens (tertiary/aromatic N) is 3. The summed E-state index contributed by atoms with van der Waals surface area (Å²) in [7, 11) is 1.62. The largest absolute Gasteiger partial charge is 0.497 e. The number of rotatable bonds is 6. The fourth-order valence-corrected chi connectivity index (χ4v) is 3.46. The van der Waals surface area contributed by atoms with E-state index in [-0.39, 0.29) is 11.0 Å². The van der Waals surface area contributed by atoms with Crippen molar-refractivity contribution in [1.29, 1.82) is 0 Å². The number of amides is 1. The molecular weight excluding hydrogens is 438 g/mol. The average molecular weight is 462 g/mol. The molecule has 0 aliphatic rings. The van der Waals surface area contributed by atoms with Crippen LogP contribution in [0, 0.1) is 6.92 Å². The van der Waals surface area contributed by atoms with Gasteiger partial charge in [0.1, 0.15) is 22.5 Å². The second kappa shape index (κ2) is 9.66. The van der Waals surface area contributed by atoms with Crippen molar-refractivity contribution in [2.24, 2.45) is 0 Å². The number of aryl methyl sites for hydroxylation is 1. The molecule has 0 aliphatic heterocycles. The van der Waals surface area contributed by atoms with Crippen molar-refractivity contribution in [2.75, 3.05) is 19.0 Å². The number of hydrogen-bond donors (Lipinski definition) is 2. The maximum atomic E-state index is 12.6. The summed E-state index contributed by atoms with van der Waals surface area (Å²) in [6.07, 6.45) is 0. The maximum Gasteiger partial charge on any atom is 0.257 e. The van der Waals surface area contributed by atoms with E-state index in [2.05, 4.69) is 20.8 Å². The molecule has 0 atom stereocenters. The lowest BCUT2D eigenvalue weighted by Gasteiger charge is -2.12. The number of carbonyl (C=O) groups excluding carboxylic acids is 1. The predicted molar refractivity (Wildman–Crippen MR) is 131 cm³/mol. The molecule has 0 aliphatic carbocycles. The molecule has 0 unspecified atom stereocenters.